The average Bonchev–Trinajstić information content (AvgIpc) is 2.87. The molecule has 2 rings (SSSR count). The Kier molecular flexibility index (Phi) is 4.81. The van der Waals surface area contributed by atoms with Gasteiger partial charge in [-0.3, -0.25) is 4.79 Å². The predicted octanol–water partition coefficient (Wildman–Crippen LogP) is 1.97. The van der Waals surface area contributed by atoms with Gasteiger partial charge in [0.05, 0.1) is 27.0 Å². The third-order valence-electron chi connectivity index (χ3n) is 3.13. The van der Waals surface area contributed by atoms with Crippen LogP contribution in [0.1, 0.15) is 17.5 Å². The fraction of sp³-hybridized carbons (Fsp3) is 0.333. The smallest absolute Gasteiger partial charge is 0.303 e. The van der Waals surface area contributed by atoms with E-state index in [9.17, 15) is 4.79 Å². The quantitative estimate of drug-likeness (QED) is 0.844. The van der Waals surface area contributed by atoms with Gasteiger partial charge in [0, 0.05) is 12.0 Å². The summed E-state index contributed by atoms with van der Waals surface area (Å²) in [5, 5.41) is 13.0. The zero-order chi connectivity index (χ0) is 15.2. The van der Waals surface area contributed by atoms with Gasteiger partial charge >= 0.3 is 5.97 Å². The van der Waals surface area contributed by atoms with Crippen molar-refractivity contribution in [2.45, 2.75) is 19.4 Å². The van der Waals surface area contributed by atoms with Gasteiger partial charge in [-0.2, -0.15) is 5.10 Å². The number of ether oxygens (including phenoxy) is 2. The molecule has 0 unspecified atom stereocenters. The van der Waals surface area contributed by atoms with Crippen LogP contribution in [-0.2, 0) is 17.8 Å². The van der Waals surface area contributed by atoms with E-state index in [0.29, 0.717) is 18.8 Å². The number of carbonyl (C=O) groups is 1. The third kappa shape index (κ3) is 3.75. The Morgan fingerprint density at radius 2 is 2.14 bits per heavy atom. The van der Waals surface area contributed by atoms with Crippen LogP contribution in [0.2, 0.25) is 0 Å². The summed E-state index contributed by atoms with van der Waals surface area (Å²) in [6.45, 7) is 0.535. The van der Waals surface area contributed by atoms with Crippen molar-refractivity contribution in [1.29, 1.82) is 0 Å². The number of aromatic nitrogens is 2. The van der Waals surface area contributed by atoms with Crippen LogP contribution in [-0.4, -0.2) is 35.1 Å². The molecule has 0 saturated heterocycles. The lowest BCUT2D eigenvalue weighted by atomic mass is 10.2. The van der Waals surface area contributed by atoms with E-state index < -0.39 is 5.97 Å². The Morgan fingerprint density at radius 1 is 1.33 bits per heavy atom. The molecule has 2 aromatic rings. The summed E-state index contributed by atoms with van der Waals surface area (Å²) in [6.07, 6.45) is 2.11. The van der Waals surface area contributed by atoms with E-state index in [1.54, 1.807) is 25.1 Å². The number of aliphatic carboxylic acids is 1. The summed E-state index contributed by atoms with van der Waals surface area (Å²) in [6, 6.07) is 7.69. The molecule has 0 aliphatic heterocycles. The highest BCUT2D eigenvalue weighted by atomic mass is 16.5. The van der Waals surface area contributed by atoms with E-state index >= 15 is 0 Å². The molecule has 0 radical (unpaired) electrons. The minimum absolute atomic E-state index is 0.0568. The van der Waals surface area contributed by atoms with E-state index in [-0.39, 0.29) is 6.42 Å². The SMILES string of the molecule is COc1cccc(Cn2ncc(CCC(=O)O)c2OC)c1. The monoisotopic (exact) mass is 290 g/mol. The van der Waals surface area contributed by atoms with Crippen LogP contribution >= 0.6 is 0 Å². The molecule has 1 heterocycles. The van der Waals surface area contributed by atoms with E-state index in [0.717, 1.165) is 16.9 Å². The Balaban J connectivity index is 2.17. The fourth-order valence-electron chi connectivity index (χ4n) is 2.12. The summed E-state index contributed by atoms with van der Waals surface area (Å²) in [7, 11) is 3.18. The fourth-order valence-corrected chi connectivity index (χ4v) is 2.12. The average molecular weight is 290 g/mol. The van der Waals surface area contributed by atoms with Gasteiger partial charge in [0.25, 0.3) is 0 Å². The minimum Gasteiger partial charge on any atom is -0.497 e. The molecule has 112 valence electrons. The minimum atomic E-state index is -0.836. The van der Waals surface area contributed by atoms with Gasteiger partial charge in [-0.25, -0.2) is 4.68 Å². The molecule has 0 aliphatic carbocycles. The summed E-state index contributed by atoms with van der Waals surface area (Å²) in [5.41, 5.74) is 1.82. The summed E-state index contributed by atoms with van der Waals surface area (Å²) < 4.78 is 12.3. The first-order valence-corrected chi connectivity index (χ1v) is 6.57. The van der Waals surface area contributed by atoms with E-state index in [4.69, 9.17) is 14.6 Å². The van der Waals surface area contributed by atoms with Crippen LogP contribution in [0, 0.1) is 0 Å². The molecular formula is C15H18N2O4. The zero-order valence-corrected chi connectivity index (χ0v) is 12.1. The molecule has 0 fully saturated rings. The molecule has 0 amide bonds. The van der Waals surface area contributed by atoms with Crippen molar-refractivity contribution in [3.05, 3.63) is 41.6 Å². The molecule has 6 heteroatoms. The molecule has 21 heavy (non-hydrogen) atoms. The van der Waals surface area contributed by atoms with Crippen LogP contribution in [0.15, 0.2) is 30.5 Å². The number of rotatable bonds is 7. The Morgan fingerprint density at radius 3 is 2.81 bits per heavy atom. The van der Waals surface area contributed by atoms with Crippen LogP contribution in [0.5, 0.6) is 11.6 Å². The number of nitrogens with zero attached hydrogens (tertiary/aromatic N) is 2. The van der Waals surface area contributed by atoms with Crippen molar-refractivity contribution in [1.82, 2.24) is 9.78 Å². The van der Waals surface area contributed by atoms with Gasteiger partial charge in [0.2, 0.25) is 5.88 Å². The molecule has 0 spiro atoms. The molecule has 0 bridgehead atoms. The second-order valence-electron chi connectivity index (χ2n) is 4.58. The molecule has 0 atom stereocenters. The molecule has 1 N–H and O–H groups in total. The molecule has 0 aliphatic rings. The first kappa shape index (κ1) is 14.9. The second-order valence-corrected chi connectivity index (χ2v) is 4.58. The van der Waals surface area contributed by atoms with Crippen molar-refractivity contribution in [2.75, 3.05) is 14.2 Å². The van der Waals surface area contributed by atoms with E-state index in [1.165, 1.54) is 0 Å². The van der Waals surface area contributed by atoms with Crippen LogP contribution in [0.4, 0.5) is 0 Å². The number of hydrogen-bond acceptors (Lipinski definition) is 4. The standard InChI is InChI=1S/C15H18N2O4/c1-20-13-5-3-4-11(8-13)10-17-15(21-2)12(9-16-17)6-7-14(18)19/h3-5,8-9H,6-7,10H2,1-2H3,(H,18,19). The largest absolute Gasteiger partial charge is 0.497 e. The number of benzene rings is 1. The van der Waals surface area contributed by atoms with Crippen molar-refractivity contribution >= 4 is 5.97 Å². The van der Waals surface area contributed by atoms with Crippen molar-refractivity contribution in [3.8, 4) is 11.6 Å². The third-order valence-corrected chi connectivity index (χ3v) is 3.13. The van der Waals surface area contributed by atoms with E-state index in [2.05, 4.69) is 5.10 Å². The summed E-state index contributed by atoms with van der Waals surface area (Å²) in [5.74, 6) is 0.543. The van der Waals surface area contributed by atoms with Gasteiger partial charge in [-0.15, -0.1) is 0 Å². The lowest BCUT2D eigenvalue weighted by molar-refractivity contribution is -0.136. The van der Waals surface area contributed by atoms with Gasteiger partial charge in [0.1, 0.15) is 5.75 Å². The second kappa shape index (κ2) is 6.78. The highest BCUT2D eigenvalue weighted by Crippen LogP contribution is 2.22. The first-order chi connectivity index (χ1) is 10.1. The van der Waals surface area contributed by atoms with Gasteiger partial charge in [0.15, 0.2) is 0 Å². The van der Waals surface area contributed by atoms with Crippen molar-refractivity contribution in [2.24, 2.45) is 0 Å². The number of carboxylic acid groups (broad SMARTS) is 1. The Labute approximate surface area is 122 Å². The first-order valence-electron chi connectivity index (χ1n) is 6.57. The van der Waals surface area contributed by atoms with Gasteiger partial charge in [-0.05, 0) is 24.1 Å². The van der Waals surface area contributed by atoms with Gasteiger partial charge in [-0.1, -0.05) is 12.1 Å². The number of carboxylic acids is 1. The molecule has 1 aromatic carbocycles. The highest BCUT2D eigenvalue weighted by Gasteiger charge is 2.13. The lowest BCUT2D eigenvalue weighted by Gasteiger charge is -2.09. The molecule has 1 aromatic heterocycles. The van der Waals surface area contributed by atoms with Crippen molar-refractivity contribution < 1.29 is 19.4 Å². The predicted molar refractivity (Wildman–Crippen MR) is 76.8 cm³/mol. The normalized spacial score (nSPS) is 10.4. The maximum atomic E-state index is 10.7. The molecule has 6 nitrogen and oxygen atoms in total. The topological polar surface area (TPSA) is 73.6 Å². The number of hydrogen-bond donors (Lipinski definition) is 1. The maximum absolute atomic E-state index is 10.7. The van der Waals surface area contributed by atoms with E-state index in [1.807, 2.05) is 24.3 Å². The number of aryl methyl sites for hydroxylation is 1. The lowest BCUT2D eigenvalue weighted by Crippen LogP contribution is -2.05. The highest BCUT2D eigenvalue weighted by molar-refractivity contribution is 5.67. The Hall–Kier alpha value is -2.50. The maximum Gasteiger partial charge on any atom is 0.303 e. The zero-order valence-electron chi connectivity index (χ0n) is 12.1. The van der Waals surface area contributed by atoms with Crippen LogP contribution < -0.4 is 9.47 Å². The number of methoxy groups -OCH3 is 2. The summed E-state index contributed by atoms with van der Waals surface area (Å²) in [4.78, 5) is 10.7. The molecule has 0 saturated carbocycles. The van der Waals surface area contributed by atoms with Crippen LogP contribution in [0.25, 0.3) is 0 Å². The van der Waals surface area contributed by atoms with Crippen molar-refractivity contribution in [3.63, 3.8) is 0 Å². The molecular weight excluding hydrogens is 272 g/mol. The van der Waals surface area contributed by atoms with Gasteiger partial charge < -0.3 is 14.6 Å². The summed E-state index contributed by atoms with van der Waals surface area (Å²) >= 11 is 0. The Bertz CT molecular complexity index is 622. The van der Waals surface area contributed by atoms with Crippen LogP contribution in [0.3, 0.4) is 0 Å².